The maximum atomic E-state index is 8.83. The van der Waals surface area contributed by atoms with Crippen molar-refractivity contribution < 1.29 is 0 Å². The molecule has 0 bridgehead atoms. The summed E-state index contributed by atoms with van der Waals surface area (Å²) in [6.07, 6.45) is 3.81. The van der Waals surface area contributed by atoms with Gasteiger partial charge in [0.15, 0.2) is 0 Å². The van der Waals surface area contributed by atoms with Crippen LogP contribution in [0.15, 0.2) is 30.6 Å². The topological polar surface area (TPSA) is 44.9 Å². The second kappa shape index (κ2) is 4.35. The maximum absolute atomic E-state index is 8.83. The van der Waals surface area contributed by atoms with E-state index in [1.165, 1.54) is 0 Å². The molecular weight excluding hydrogens is 248 g/mol. The zero-order valence-electron chi connectivity index (χ0n) is 9.67. The molecule has 0 spiro atoms. The summed E-state index contributed by atoms with van der Waals surface area (Å²) >= 11 is 6.22. The third-order valence-electron chi connectivity index (χ3n) is 3.16. The van der Waals surface area contributed by atoms with Crippen molar-refractivity contribution in [3.8, 4) is 6.07 Å². The van der Waals surface area contributed by atoms with Crippen molar-refractivity contribution in [2.75, 3.05) is 11.4 Å². The number of anilines is 1. The van der Waals surface area contributed by atoms with E-state index in [4.69, 9.17) is 16.9 Å². The highest BCUT2D eigenvalue weighted by molar-refractivity contribution is 6.33. The van der Waals surface area contributed by atoms with Crippen LogP contribution in [0.5, 0.6) is 0 Å². The molecule has 1 aliphatic rings. The third kappa shape index (κ3) is 1.83. The van der Waals surface area contributed by atoms with E-state index in [2.05, 4.69) is 20.5 Å². The van der Waals surface area contributed by atoms with Crippen molar-refractivity contribution in [3.63, 3.8) is 0 Å². The number of fused-ring (bicyclic) bond motifs is 1. The molecule has 1 aromatic heterocycles. The zero-order chi connectivity index (χ0) is 12.5. The van der Waals surface area contributed by atoms with Crippen molar-refractivity contribution in [2.24, 2.45) is 0 Å². The first kappa shape index (κ1) is 11.1. The number of nitrogens with zero attached hydrogens (tertiary/aromatic N) is 4. The van der Waals surface area contributed by atoms with Gasteiger partial charge in [0.1, 0.15) is 5.82 Å². The minimum Gasteiger partial charge on any atom is -0.361 e. The number of halogens is 1. The molecule has 4 nitrogen and oxygen atoms in total. The van der Waals surface area contributed by atoms with E-state index in [1.54, 1.807) is 12.1 Å². The normalized spacial score (nSPS) is 14.1. The van der Waals surface area contributed by atoms with Gasteiger partial charge in [0.05, 0.1) is 28.9 Å². The number of nitriles is 1. The lowest BCUT2D eigenvalue weighted by Gasteiger charge is -2.30. The van der Waals surface area contributed by atoms with Gasteiger partial charge < -0.3 is 9.47 Å². The summed E-state index contributed by atoms with van der Waals surface area (Å²) in [5.41, 5.74) is 1.55. The Morgan fingerprint density at radius 1 is 1.33 bits per heavy atom. The smallest absolute Gasteiger partial charge is 0.128 e. The summed E-state index contributed by atoms with van der Waals surface area (Å²) in [5.74, 6) is 1.04. The molecule has 5 heteroatoms. The van der Waals surface area contributed by atoms with Gasteiger partial charge in [-0.1, -0.05) is 11.6 Å². The van der Waals surface area contributed by atoms with Gasteiger partial charge in [0.2, 0.25) is 0 Å². The average Bonchev–Trinajstić information content (AvgIpc) is 2.85. The van der Waals surface area contributed by atoms with Crippen molar-refractivity contribution >= 4 is 17.3 Å². The molecule has 1 aromatic carbocycles. The predicted molar refractivity (Wildman–Crippen MR) is 69.4 cm³/mol. The van der Waals surface area contributed by atoms with Crippen molar-refractivity contribution in [1.29, 1.82) is 5.26 Å². The van der Waals surface area contributed by atoms with E-state index >= 15 is 0 Å². The van der Waals surface area contributed by atoms with E-state index < -0.39 is 0 Å². The van der Waals surface area contributed by atoms with E-state index in [9.17, 15) is 0 Å². The van der Waals surface area contributed by atoms with E-state index in [0.717, 1.165) is 31.1 Å². The van der Waals surface area contributed by atoms with Crippen LogP contribution in [0.1, 0.15) is 11.4 Å². The van der Waals surface area contributed by atoms with Crippen LogP contribution in [0, 0.1) is 11.3 Å². The maximum Gasteiger partial charge on any atom is 0.128 e. The molecular formula is C13H11ClN4. The van der Waals surface area contributed by atoms with Crippen LogP contribution in [-0.4, -0.2) is 16.1 Å². The highest BCUT2D eigenvalue weighted by Crippen LogP contribution is 2.29. The summed E-state index contributed by atoms with van der Waals surface area (Å²) in [5, 5.41) is 9.45. The van der Waals surface area contributed by atoms with Crippen LogP contribution in [0.25, 0.3) is 0 Å². The van der Waals surface area contributed by atoms with Crippen LogP contribution >= 0.6 is 11.6 Å². The quantitative estimate of drug-likeness (QED) is 0.789. The Morgan fingerprint density at radius 3 is 3.00 bits per heavy atom. The number of hydrogen-bond donors (Lipinski definition) is 0. The lowest BCUT2D eigenvalue weighted by molar-refractivity contribution is 0.560. The Morgan fingerprint density at radius 2 is 2.22 bits per heavy atom. The van der Waals surface area contributed by atoms with Gasteiger partial charge in [0.25, 0.3) is 0 Å². The molecule has 0 unspecified atom stereocenters. The number of hydrogen-bond acceptors (Lipinski definition) is 3. The first-order chi connectivity index (χ1) is 8.78. The number of aromatic nitrogens is 2. The lowest BCUT2D eigenvalue weighted by Crippen LogP contribution is -2.33. The fourth-order valence-electron chi connectivity index (χ4n) is 2.21. The Kier molecular flexibility index (Phi) is 2.69. The van der Waals surface area contributed by atoms with Crippen molar-refractivity contribution in [1.82, 2.24) is 9.55 Å². The Balaban J connectivity index is 1.91. The monoisotopic (exact) mass is 258 g/mol. The van der Waals surface area contributed by atoms with Crippen LogP contribution in [0.2, 0.25) is 5.02 Å². The van der Waals surface area contributed by atoms with Gasteiger partial charge in [-0.25, -0.2) is 4.98 Å². The number of imidazole rings is 1. The molecule has 0 fully saturated rings. The summed E-state index contributed by atoms with van der Waals surface area (Å²) < 4.78 is 2.15. The van der Waals surface area contributed by atoms with E-state index in [0.29, 0.717) is 10.6 Å². The minimum atomic E-state index is 0.585. The molecule has 0 atom stereocenters. The number of benzene rings is 1. The first-order valence-corrected chi connectivity index (χ1v) is 6.10. The van der Waals surface area contributed by atoms with Crippen molar-refractivity contribution in [3.05, 3.63) is 47.0 Å². The zero-order valence-corrected chi connectivity index (χ0v) is 10.4. The first-order valence-electron chi connectivity index (χ1n) is 5.72. The molecule has 0 radical (unpaired) electrons. The molecule has 90 valence electrons. The van der Waals surface area contributed by atoms with Gasteiger partial charge >= 0.3 is 0 Å². The largest absolute Gasteiger partial charge is 0.361 e. The Bertz CT molecular complexity index is 626. The summed E-state index contributed by atoms with van der Waals surface area (Å²) in [4.78, 5) is 6.51. The van der Waals surface area contributed by atoms with E-state index in [-0.39, 0.29) is 0 Å². The molecule has 0 N–H and O–H groups in total. The SMILES string of the molecule is N#Cc1ccc(N2CCn3ccnc3C2)c(Cl)c1. The fraction of sp³-hybridized carbons (Fsp3) is 0.231. The third-order valence-corrected chi connectivity index (χ3v) is 3.47. The fourth-order valence-corrected chi connectivity index (χ4v) is 2.51. The summed E-state index contributed by atoms with van der Waals surface area (Å²) in [6.45, 7) is 2.55. The standard InChI is InChI=1S/C13H11ClN4/c14-11-7-10(8-15)1-2-12(11)18-6-5-17-4-3-16-13(17)9-18/h1-4,7H,5-6,9H2. The van der Waals surface area contributed by atoms with Gasteiger partial charge in [0, 0.05) is 25.5 Å². The molecule has 0 aliphatic carbocycles. The number of rotatable bonds is 1. The molecule has 2 heterocycles. The average molecular weight is 259 g/mol. The Labute approximate surface area is 110 Å². The molecule has 0 saturated carbocycles. The molecule has 0 amide bonds. The van der Waals surface area contributed by atoms with Gasteiger partial charge in [-0.2, -0.15) is 5.26 Å². The van der Waals surface area contributed by atoms with Gasteiger partial charge in [-0.15, -0.1) is 0 Å². The van der Waals surface area contributed by atoms with Gasteiger partial charge in [-0.05, 0) is 18.2 Å². The van der Waals surface area contributed by atoms with E-state index in [1.807, 2.05) is 18.5 Å². The predicted octanol–water partition coefficient (Wildman–Crippen LogP) is 2.43. The van der Waals surface area contributed by atoms with Crippen LogP contribution < -0.4 is 4.90 Å². The Hall–Kier alpha value is -1.99. The second-order valence-electron chi connectivity index (χ2n) is 4.24. The summed E-state index contributed by atoms with van der Waals surface area (Å²) in [6, 6.07) is 7.49. The highest BCUT2D eigenvalue weighted by Gasteiger charge is 2.18. The summed E-state index contributed by atoms with van der Waals surface area (Å²) in [7, 11) is 0. The molecule has 1 aliphatic heterocycles. The van der Waals surface area contributed by atoms with Gasteiger partial charge in [-0.3, -0.25) is 0 Å². The van der Waals surface area contributed by atoms with Crippen molar-refractivity contribution in [2.45, 2.75) is 13.1 Å². The van der Waals surface area contributed by atoms with Crippen LogP contribution in [0.4, 0.5) is 5.69 Å². The molecule has 2 aromatic rings. The van der Waals surface area contributed by atoms with Crippen LogP contribution in [0.3, 0.4) is 0 Å². The molecule has 0 saturated heterocycles. The second-order valence-corrected chi connectivity index (χ2v) is 4.64. The molecule has 18 heavy (non-hydrogen) atoms. The van der Waals surface area contributed by atoms with Crippen LogP contribution in [-0.2, 0) is 13.1 Å². The molecule has 3 rings (SSSR count). The minimum absolute atomic E-state index is 0.585. The highest BCUT2D eigenvalue weighted by atomic mass is 35.5. The lowest BCUT2D eigenvalue weighted by atomic mass is 10.2.